The summed E-state index contributed by atoms with van der Waals surface area (Å²) in [7, 11) is -0.533. The van der Waals surface area contributed by atoms with Gasteiger partial charge in [-0.1, -0.05) is 6.07 Å². The van der Waals surface area contributed by atoms with Crippen LogP contribution in [0.4, 0.5) is 0 Å². The molecule has 0 fully saturated rings. The highest BCUT2D eigenvalue weighted by Gasteiger charge is 2.18. The second kappa shape index (κ2) is 6.60. The van der Waals surface area contributed by atoms with Crippen LogP contribution in [0.3, 0.4) is 0 Å². The normalized spacial score (nSPS) is 13.1. The number of rotatable bonds is 5. The Morgan fingerprint density at radius 3 is 2.32 bits per heavy atom. The van der Waals surface area contributed by atoms with Gasteiger partial charge in [0.05, 0.1) is 10.9 Å². The van der Waals surface area contributed by atoms with E-state index in [2.05, 4.69) is 5.32 Å². The molecule has 0 aliphatic carbocycles. The number of hydrogen-bond donors (Lipinski definition) is 1. The van der Waals surface area contributed by atoms with E-state index in [1.807, 2.05) is 24.4 Å². The second-order valence-corrected chi connectivity index (χ2v) is 8.15. The van der Waals surface area contributed by atoms with Gasteiger partial charge in [0.25, 0.3) is 5.91 Å². The van der Waals surface area contributed by atoms with Crippen LogP contribution in [0.1, 0.15) is 28.2 Å². The first kappa shape index (κ1) is 16.7. The minimum absolute atomic E-state index is 0.0855. The molecular formula is C15H18N2O3S2. The van der Waals surface area contributed by atoms with Crippen molar-refractivity contribution in [2.75, 3.05) is 14.1 Å². The van der Waals surface area contributed by atoms with E-state index in [1.54, 1.807) is 11.3 Å². The summed E-state index contributed by atoms with van der Waals surface area (Å²) in [5.41, 5.74) is 0.432. The molecule has 22 heavy (non-hydrogen) atoms. The summed E-state index contributed by atoms with van der Waals surface area (Å²) in [6.45, 7) is 1.91. The first-order chi connectivity index (χ1) is 10.3. The van der Waals surface area contributed by atoms with E-state index in [4.69, 9.17) is 0 Å². The summed E-state index contributed by atoms with van der Waals surface area (Å²) < 4.78 is 25.1. The molecule has 0 aliphatic rings. The Hall–Kier alpha value is -1.70. The second-order valence-electron chi connectivity index (χ2n) is 5.02. The van der Waals surface area contributed by atoms with E-state index in [9.17, 15) is 13.2 Å². The van der Waals surface area contributed by atoms with Crippen LogP contribution in [0.5, 0.6) is 0 Å². The molecule has 1 amide bonds. The maximum Gasteiger partial charge on any atom is 0.251 e. The summed E-state index contributed by atoms with van der Waals surface area (Å²) in [6, 6.07) is 9.74. The third-order valence-electron chi connectivity index (χ3n) is 3.21. The molecule has 1 heterocycles. The Labute approximate surface area is 134 Å². The minimum atomic E-state index is -3.47. The van der Waals surface area contributed by atoms with Gasteiger partial charge in [0.2, 0.25) is 10.0 Å². The SMILES string of the molecule is C[C@H](NC(=O)c1ccc(S(=O)(=O)N(C)C)cc1)c1cccs1. The highest BCUT2D eigenvalue weighted by Crippen LogP contribution is 2.19. The number of thiophene rings is 1. The standard InChI is InChI=1S/C15H18N2O3S2/c1-11(14-5-4-10-21-14)16-15(18)12-6-8-13(9-7-12)22(19,20)17(2)3/h4-11H,1-3H3,(H,16,18)/t11-/m0/s1. The van der Waals surface area contributed by atoms with Crippen molar-refractivity contribution in [3.8, 4) is 0 Å². The molecule has 0 aliphatic heterocycles. The van der Waals surface area contributed by atoms with Crippen molar-refractivity contribution in [2.24, 2.45) is 0 Å². The van der Waals surface area contributed by atoms with Crippen molar-refractivity contribution in [3.63, 3.8) is 0 Å². The van der Waals surface area contributed by atoms with Crippen molar-refractivity contribution in [2.45, 2.75) is 17.9 Å². The average molecular weight is 338 g/mol. The summed E-state index contributed by atoms with van der Waals surface area (Å²) in [5, 5.41) is 4.85. The van der Waals surface area contributed by atoms with E-state index >= 15 is 0 Å². The molecule has 2 aromatic rings. The maximum atomic E-state index is 12.2. The van der Waals surface area contributed by atoms with Crippen LogP contribution >= 0.6 is 11.3 Å². The Kier molecular flexibility index (Phi) is 5.00. The number of sulfonamides is 1. The number of nitrogens with one attached hydrogen (secondary N) is 1. The molecule has 1 atom stereocenters. The molecule has 1 aromatic heterocycles. The molecule has 0 radical (unpaired) electrons. The van der Waals surface area contributed by atoms with Crippen LogP contribution in [0, 0.1) is 0 Å². The van der Waals surface area contributed by atoms with Crippen LogP contribution in [0.25, 0.3) is 0 Å². The topological polar surface area (TPSA) is 66.5 Å². The molecule has 0 saturated carbocycles. The van der Waals surface area contributed by atoms with Crippen molar-refractivity contribution in [3.05, 3.63) is 52.2 Å². The van der Waals surface area contributed by atoms with Gasteiger partial charge in [0.1, 0.15) is 0 Å². The molecular weight excluding hydrogens is 320 g/mol. The lowest BCUT2D eigenvalue weighted by Crippen LogP contribution is -2.26. The van der Waals surface area contributed by atoms with Gasteiger partial charge in [-0.25, -0.2) is 12.7 Å². The minimum Gasteiger partial charge on any atom is -0.345 e. The monoisotopic (exact) mass is 338 g/mol. The van der Waals surface area contributed by atoms with Gasteiger partial charge in [-0.2, -0.15) is 0 Å². The van der Waals surface area contributed by atoms with Gasteiger partial charge in [-0.3, -0.25) is 4.79 Å². The van der Waals surface area contributed by atoms with Gasteiger partial charge in [0, 0.05) is 24.5 Å². The Balaban J connectivity index is 2.12. The molecule has 118 valence electrons. The van der Waals surface area contributed by atoms with Crippen molar-refractivity contribution in [1.29, 1.82) is 0 Å². The lowest BCUT2D eigenvalue weighted by Gasteiger charge is -2.13. The zero-order chi connectivity index (χ0) is 16.3. The molecule has 0 spiro atoms. The number of benzene rings is 1. The van der Waals surface area contributed by atoms with Gasteiger partial charge in [0.15, 0.2) is 0 Å². The molecule has 0 saturated heterocycles. The molecule has 0 unspecified atom stereocenters. The van der Waals surface area contributed by atoms with Gasteiger partial charge in [-0.05, 0) is 42.6 Å². The fraction of sp³-hybridized carbons (Fsp3) is 0.267. The van der Waals surface area contributed by atoms with Crippen LogP contribution < -0.4 is 5.32 Å². The first-order valence-electron chi connectivity index (χ1n) is 6.69. The number of amides is 1. The Morgan fingerprint density at radius 2 is 1.82 bits per heavy atom. The number of carbonyl (C=O) groups excluding carboxylic acids is 1. The fourth-order valence-corrected chi connectivity index (χ4v) is 3.51. The highest BCUT2D eigenvalue weighted by molar-refractivity contribution is 7.89. The largest absolute Gasteiger partial charge is 0.345 e. The summed E-state index contributed by atoms with van der Waals surface area (Å²) in [4.78, 5) is 13.4. The van der Waals surface area contributed by atoms with Crippen molar-refractivity contribution < 1.29 is 13.2 Å². The van der Waals surface area contributed by atoms with Gasteiger partial charge >= 0.3 is 0 Å². The van der Waals surface area contributed by atoms with Crippen LogP contribution in [0.15, 0.2) is 46.7 Å². The van der Waals surface area contributed by atoms with Crippen LogP contribution in [0.2, 0.25) is 0 Å². The lowest BCUT2D eigenvalue weighted by molar-refractivity contribution is 0.0940. The molecule has 5 nitrogen and oxygen atoms in total. The maximum absolute atomic E-state index is 12.2. The number of nitrogens with zero attached hydrogens (tertiary/aromatic N) is 1. The molecule has 1 N–H and O–H groups in total. The first-order valence-corrected chi connectivity index (χ1v) is 9.01. The molecule has 1 aromatic carbocycles. The van der Waals surface area contributed by atoms with Crippen molar-refractivity contribution in [1.82, 2.24) is 9.62 Å². The average Bonchev–Trinajstić information content (AvgIpc) is 3.01. The third kappa shape index (κ3) is 3.55. The summed E-state index contributed by atoms with van der Waals surface area (Å²) in [6.07, 6.45) is 0. The van der Waals surface area contributed by atoms with Crippen molar-refractivity contribution >= 4 is 27.3 Å². The lowest BCUT2D eigenvalue weighted by atomic mass is 10.2. The quantitative estimate of drug-likeness (QED) is 0.911. The Morgan fingerprint density at radius 1 is 1.18 bits per heavy atom. The molecule has 2 rings (SSSR count). The Bertz CT molecular complexity index is 736. The smallest absolute Gasteiger partial charge is 0.251 e. The number of carbonyl (C=O) groups is 1. The van der Waals surface area contributed by atoms with Gasteiger partial charge < -0.3 is 5.32 Å². The fourth-order valence-electron chi connectivity index (χ4n) is 1.88. The van der Waals surface area contributed by atoms with E-state index in [-0.39, 0.29) is 16.8 Å². The predicted octanol–water partition coefficient (Wildman–Crippen LogP) is 2.49. The van der Waals surface area contributed by atoms with Gasteiger partial charge in [-0.15, -0.1) is 11.3 Å². The van der Waals surface area contributed by atoms with Crippen LogP contribution in [-0.4, -0.2) is 32.7 Å². The van der Waals surface area contributed by atoms with E-state index in [0.717, 1.165) is 9.18 Å². The summed E-state index contributed by atoms with van der Waals surface area (Å²) in [5.74, 6) is -0.227. The zero-order valence-electron chi connectivity index (χ0n) is 12.6. The number of hydrogen-bond acceptors (Lipinski definition) is 4. The summed E-state index contributed by atoms with van der Waals surface area (Å²) >= 11 is 1.58. The molecule has 0 bridgehead atoms. The van der Waals surface area contributed by atoms with E-state index in [1.165, 1.54) is 38.4 Å². The predicted molar refractivity (Wildman–Crippen MR) is 87.5 cm³/mol. The third-order valence-corrected chi connectivity index (χ3v) is 6.10. The molecule has 7 heteroatoms. The van der Waals surface area contributed by atoms with Crippen LogP contribution in [-0.2, 0) is 10.0 Å². The van der Waals surface area contributed by atoms with E-state index < -0.39 is 10.0 Å². The highest BCUT2D eigenvalue weighted by atomic mass is 32.2. The van der Waals surface area contributed by atoms with E-state index in [0.29, 0.717) is 5.56 Å². The zero-order valence-corrected chi connectivity index (χ0v) is 14.2.